The third kappa shape index (κ3) is 5.71. The van der Waals surface area contributed by atoms with Crippen LogP contribution < -0.4 is 9.64 Å². The number of halogens is 2. The summed E-state index contributed by atoms with van der Waals surface area (Å²) in [7, 11) is 0. The first-order valence-corrected chi connectivity index (χ1v) is 13.1. The van der Waals surface area contributed by atoms with Crippen molar-refractivity contribution in [1.29, 1.82) is 0 Å². The Bertz CT molecular complexity index is 1110. The molecule has 0 unspecified atom stereocenters. The van der Waals surface area contributed by atoms with E-state index in [9.17, 15) is 0 Å². The van der Waals surface area contributed by atoms with Crippen LogP contribution >= 0.6 is 23.2 Å². The van der Waals surface area contributed by atoms with E-state index in [1.54, 1.807) is 0 Å². The Morgan fingerprint density at radius 3 is 2.29 bits per heavy atom. The van der Waals surface area contributed by atoms with E-state index in [-0.39, 0.29) is 0 Å². The third-order valence-electron chi connectivity index (χ3n) is 7.11. The summed E-state index contributed by atoms with van der Waals surface area (Å²) in [6.07, 6.45) is 6.06. The van der Waals surface area contributed by atoms with Crippen molar-refractivity contribution in [2.75, 3.05) is 37.6 Å². The van der Waals surface area contributed by atoms with E-state index in [0.29, 0.717) is 16.7 Å². The minimum atomic E-state index is 0.618. The normalized spacial score (nSPS) is 16.4. The summed E-state index contributed by atoms with van der Waals surface area (Å²) < 4.78 is 6.08. The summed E-state index contributed by atoms with van der Waals surface area (Å²) in [6, 6.07) is 21.4. The van der Waals surface area contributed by atoms with Gasteiger partial charge in [0.2, 0.25) is 0 Å². The summed E-state index contributed by atoms with van der Waals surface area (Å²) in [4.78, 5) is 4.87. The minimum Gasteiger partial charge on any atom is -0.489 e. The summed E-state index contributed by atoms with van der Waals surface area (Å²) in [5.74, 6) is 0.989. The molecule has 34 heavy (non-hydrogen) atoms. The van der Waals surface area contributed by atoms with Crippen molar-refractivity contribution < 1.29 is 4.74 Å². The number of benzene rings is 3. The first-order chi connectivity index (χ1) is 16.7. The number of rotatable bonds is 7. The molecule has 2 aliphatic rings. The molecule has 1 aliphatic heterocycles. The van der Waals surface area contributed by atoms with Crippen molar-refractivity contribution in [3.63, 3.8) is 0 Å². The van der Waals surface area contributed by atoms with Gasteiger partial charge in [0.1, 0.15) is 12.4 Å². The molecule has 1 heterocycles. The van der Waals surface area contributed by atoms with Crippen LogP contribution in [0.5, 0.6) is 5.75 Å². The fourth-order valence-electron chi connectivity index (χ4n) is 5.00. The van der Waals surface area contributed by atoms with Crippen LogP contribution in [0.25, 0.3) is 0 Å². The Labute approximate surface area is 213 Å². The van der Waals surface area contributed by atoms with Crippen LogP contribution in [-0.2, 0) is 25.9 Å². The quantitative estimate of drug-likeness (QED) is 0.358. The van der Waals surface area contributed by atoms with E-state index in [1.807, 2.05) is 12.1 Å². The van der Waals surface area contributed by atoms with Crippen LogP contribution in [0.15, 0.2) is 60.7 Å². The molecule has 0 atom stereocenters. The van der Waals surface area contributed by atoms with Gasteiger partial charge in [-0.3, -0.25) is 4.90 Å². The largest absolute Gasteiger partial charge is 0.489 e. The fraction of sp³-hybridized carbons (Fsp3) is 0.379. The van der Waals surface area contributed by atoms with Crippen molar-refractivity contribution in [1.82, 2.24) is 4.90 Å². The average molecular weight is 495 g/mol. The predicted octanol–water partition coefficient (Wildman–Crippen LogP) is 6.82. The monoisotopic (exact) mass is 494 g/mol. The second kappa shape index (κ2) is 11.0. The van der Waals surface area contributed by atoms with Crippen molar-refractivity contribution in [3.05, 3.63) is 93.0 Å². The fourth-order valence-corrected chi connectivity index (χ4v) is 5.42. The Morgan fingerprint density at radius 1 is 0.765 bits per heavy atom. The number of ether oxygens (including phenoxy) is 1. The van der Waals surface area contributed by atoms with Gasteiger partial charge in [0, 0.05) is 32.7 Å². The predicted molar refractivity (Wildman–Crippen MR) is 143 cm³/mol. The molecule has 3 aromatic rings. The number of nitrogens with zero attached hydrogens (tertiary/aromatic N) is 2. The van der Waals surface area contributed by atoms with Gasteiger partial charge in [-0.2, -0.15) is 0 Å². The second-order valence-electron chi connectivity index (χ2n) is 9.39. The van der Waals surface area contributed by atoms with Gasteiger partial charge in [0.15, 0.2) is 0 Å². The maximum absolute atomic E-state index is 6.41. The Morgan fingerprint density at radius 2 is 1.50 bits per heavy atom. The molecular formula is C29H32Cl2N2O. The number of anilines is 1. The summed E-state index contributed by atoms with van der Waals surface area (Å²) in [6.45, 7) is 5.71. The lowest BCUT2D eigenvalue weighted by molar-refractivity contribution is 0.261. The summed E-state index contributed by atoms with van der Waals surface area (Å²) >= 11 is 12.6. The van der Waals surface area contributed by atoms with Crippen LogP contribution in [0.1, 0.15) is 35.1 Å². The third-order valence-corrected chi connectivity index (χ3v) is 7.92. The highest BCUT2D eigenvalue weighted by Gasteiger charge is 2.19. The highest BCUT2D eigenvalue weighted by molar-refractivity contribution is 6.43. The van der Waals surface area contributed by atoms with Crippen LogP contribution in [-0.4, -0.2) is 37.6 Å². The van der Waals surface area contributed by atoms with Gasteiger partial charge in [-0.15, -0.1) is 0 Å². The van der Waals surface area contributed by atoms with E-state index in [0.717, 1.165) is 50.6 Å². The van der Waals surface area contributed by atoms with Gasteiger partial charge in [0.05, 0.1) is 15.7 Å². The van der Waals surface area contributed by atoms with E-state index < -0.39 is 0 Å². The highest BCUT2D eigenvalue weighted by Crippen LogP contribution is 2.33. The molecule has 5 heteroatoms. The van der Waals surface area contributed by atoms with Crippen molar-refractivity contribution >= 4 is 28.9 Å². The molecule has 1 aliphatic carbocycles. The Balaban J connectivity index is 1.07. The molecule has 0 aromatic heterocycles. The zero-order valence-corrected chi connectivity index (χ0v) is 21.1. The van der Waals surface area contributed by atoms with Crippen molar-refractivity contribution in [2.24, 2.45) is 0 Å². The van der Waals surface area contributed by atoms with E-state index in [4.69, 9.17) is 27.9 Å². The second-order valence-corrected chi connectivity index (χ2v) is 10.2. The van der Waals surface area contributed by atoms with Gasteiger partial charge in [-0.1, -0.05) is 59.6 Å². The summed E-state index contributed by atoms with van der Waals surface area (Å²) in [5, 5.41) is 1.28. The zero-order chi connectivity index (χ0) is 23.3. The molecule has 0 bridgehead atoms. The van der Waals surface area contributed by atoms with Crippen LogP contribution in [0.2, 0.25) is 10.0 Å². The molecule has 1 saturated heterocycles. The van der Waals surface area contributed by atoms with Gasteiger partial charge >= 0.3 is 0 Å². The molecular weight excluding hydrogens is 463 g/mol. The molecule has 0 N–H and O–H groups in total. The van der Waals surface area contributed by atoms with Gasteiger partial charge < -0.3 is 9.64 Å². The van der Waals surface area contributed by atoms with Crippen LogP contribution in [0.3, 0.4) is 0 Å². The van der Waals surface area contributed by atoms with Crippen molar-refractivity contribution in [3.8, 4) is 5.75 Å². The van der Waals surface area contributed by atoms with Gasteiger partial charge in [-0.05, 0) is 78.6 Å². The lowest BCUT2D eigenvalue weighted by atomic mass is 9.92. The number of fused-ring (bicyclic) bond motifs is 1. The van der Waals surface area contributed by atoms with Gasteiger partial charge in [0.25, 0.3) is 0 Å². The molecule has 0 saturated carbocycles. The smallest absolute Gasteiger partial charge is 0.120 e. The molecule has 3 nitrogen and oxygen atoms in total. The van der Waals surface area contributed by atoms with E-state index in [1.165, 1.54) is 47.9 Å². The minimum absolute atomic E-state index is 0.618. The molecule has 1 fully saturated rings. The standard InChI is InChI=1S/C29H32Cl2N2O/c30-27-6-3-7-28(29(27)31)33-18-16-32(17-19-33)15-14-22-8-10-23(11-9-22)21-34-26-13-12-24-4-1-2-5-25(24)20-26/h3,6-13,20H,1-2,4-5,14-19,21H2. The zero-order valence-electron chi connectivity index (χ0n) is 19.6. The molecule has 0 spiro atoms. The lowest BCUT2D eigenvalue weighted by Gasteiger charge is -2.36. The van der Waals surface area contributed by atoms with Crippen LogP contribution in [0.4, 0.5) is 5.69 Å². The highest BCUT2D eigenvalue weighted by atomic mass is 35.5. The number of hydrogen-bond acceptors (Lipinski definition) is 3. The maximum Gasteiger partial charge on any atom is 0.120 e. The number of piperazine rings is 1. The first-order valence-electron chi connectivity index (χ1n) is 12.4. The molecule has 3 aromatic carbocycles. The molecule has 0 amide bonds. The van der Waals surface area contributed by atoms with Gasteiger partial charge in [-0.25, -0.2) is 0 Å². The van der Waals surface area contributed by atoms with E-state index >= 15 is 0 Å². The first kappa shape index (κ1) is 23.5. The van der Waals surface area contributed by atoms with Crippen molar-refractivity contribution in [2.45, 2.75) is 38.7 Å². The number of hydrogen-bond donors (Lipinski definition) is 0. The molecule has 5 rings (SSSR count). The summed E-state index contributed by atoms with van der Waals surface area (Å²) in [5.41, 5.74) is 6.60. The van der Waals surface area contributed by atoms with E-state index in [2.05, 4.69) is 58.3 Å². The topological polar surface area (TPSA) is 15.7 Å². The van der Waals surface area contributed by atoms with Crippen LogP contribution in [0, 0.1) is 0 Å². The molecule has 178 valence electrons. The maximum atomic E-state index is 6.41. The lowest BCUT2D eigenvalue weighted by Crippen LogP contribution is -2.47. The Hall–Kier alpha value is -2.20. The SMILES string of the molecule is Clc1cccc(N2CCN(CCc3ccc(COc4ccc5c(c4)CCCC5)cc3)CC2)c1Cl. The Kier molecular flexibility index (Phi) is 7.63. The molecule has 0 radical (unpaired) electrons. The average Bonchev–Trinajstić information content (AvgIpc) is 2.89. The number of aryl methyl sites for hydroxylation is 2.